The number of hydrogen-bond donors (Lipinski definition) is 2. The Balaban J connectivity index is 1.95. The number of urea groups is 1. The van der Waals surface area contributed by atoms with Gasteiger partial charge in [0.1, 0.15) is 6.54 Å². The summed E-state index contributed by atoms with van der Waals surface area (Å²) in [5, 5.41) is 5.68. The fourth-order valence-corrected chi connectivity index (χ4v) is 3.64. The summed E-state index contributed by atoms with van der Waals surface area (Å²) >= 11 is 0. The van der Waals surface area contributed by atoms with Crippen LogP contribution in [0.3, 0.4) is 0 Å². The average Bonchev–Trinajstić information content (AvgIpc) is 2.96. The first-order valence-electron chi connectivity index (χ1n) is 10.3. The van der Waals surface area contributed by atoms with Crippen LogP contribution >= 0.6 is 0 Å². The molecule has 1 atom stereocenters. The molecule has 0 saturated carbocycles. The van der Waals surface area contributed by atoms with Crippen molar-refractivity contribution >= 4 is 17.8 Å². The predicted octanol–water partition coefficient (Wildman–Crippen LogP) is 3.26. The van der Waals surface area contributed by atoms with E-state index in [0.29, 0.717) is 23.6 Å². The van der Waals surface area contributed by atoms with E-state index in [1.165, 1.54) is 0 Å². The van der Waals surface area contributed by atoms with Crippen molar-refractivity contribution < 1.29 is 14.4 Å². The third kappa shape index (κ3) is 4.08. The van der Waals surface area contributed by atoms with E-state index >= 15 is 0 Å². The minimum Gasteiger partial charge on any atom is -0.355 e. The van der Waals surface area contributed by atoms with Gasteiger partial charge in [-0.25, -0.2) is 4.79 Å². The second-order valence-electron chi connectivity index (χ2n) is 8.27. The van der Waals surface area contributed by atoms with Crippen LogP contribution in [-0.2, 0) is 15.1 Å². The normalized spacial score (nSPS) is 18.6. The van der Waals surface area contributed by atoms with Crippen molar-refractivity contribution in [3.05, 3.63) is 70.8 Å². The Labute approximate surface area is 177 Å². The van der Waals surface area contributed by atoms with Crippen LogP contribution in [0, 0.1) is 19.8 Å². The molecule has 1 saturated heterocycles. The molecule has 0 radical (unpaired) electrons. The second-order valence-corrected chi connectivity index (χ2v) is 8.27. The lowest BCUT2D eigenvalue weighted by Crippen LogP contribution is -2.46. The summed E-state index contributed by atoms with van der Waals surface area (Å²) < 4.78 is 0. The molecule has 158 valence electrons. The largest absolute Gasteiger partial charge is 0.355 e. The molecule has 0 aliphatic carbocycles. The zero-order valence-corrected chi connectivity index (χ0v) is 18.0. The highest BCUT2D eigenvalue weighted by Crippen LogP contribution is 2.36. The minimum atomic E-state index is -1.35. The fraction of sp³-hybridized carbons (Fsp3) is 0.375. The van der Waals surface area contributed by atoms with Gasteiger partial charge in [-0.3, -0.25) is 14.5 Å². The number of rotatable bonds is 7. The van der Waals surface area contributed by atoms with Gasteiger partial charge < -0.3 is 10.6 Å². The maximum Gasteiger partial charge on any atom is 0.326 e. The van der Waals surface area contributed by atoms with Crippen molar-refractivity contribution in [3.63, 3.8) is 0 Å². The number of carbonyl (C=O) groups is 3. The molecule has 1 fully saturated rings. The Morgan fingerprint density at radius 1 is 1.03 bits per heavy atom. The van der Waals surface area contributed by atoms with E-state index < -0.39 is 17.5 Å². The van der Waals surface area contributed by atoms with Gasteiger partial charge in [-0.05, 0) is 48.4 Å². The zero-order chi connectivity index (χ0) is 21.9. The van der Waals surface area contributed by atoms with Gasteiger partial charge in [-0.2, -0.15) is 0 Å². The van der Waals surface area contributed by atoms with E-state index in [2.05, 4.69) is 24.5 Å². The molecule has 0 spiro atoms. The molecular weight excluding hydrogens is 378 g/mol. The number of nitrogens with zero attached hydrogens (tertiary/aromatic N) is 1. The fourth-order valence-electron chi connectivity index (χ4n) is 3.64. The van der Waals surface area contributed by atoms with Gasteiger partial charge in [0.05, 0.1) is 0 Å². The highest BCUT2D eigenvalue weighted by molar-refractivity contribution is 6.11. The first-order chi connectivity index (χ1) is 14.3. The molecule has 6 heteroatoms. The van der Waals surface area contributed by atoms with Crippen molar-refractivity contribution in [2.45, 2.75) is 39.7 Å². The van der Waals surface area contributed by atoms with Crippen LogP contribution in [0.15, 0.2) is 48.5 Å². The third-order valence-electron chi connectivity index (χ3n) is 5.60. The lowest BCUT2D eigenvalue weighted by Gasteiger charge is -2.28. The summed E-state index contributed by atoms with van der Waals surface area (Å²) in [5.74, 6) is -0.332. The summed E-state index contributed by atoms with van der Waals surface area (Å²) in [6.45, 7) is 8.32. The van der Waals surface area contributed by atoms with Crippen LogP contribution < -0.4 is 10.6 Å². The minimum absolute atomic E-state index is 0.303. The number of aryl methyl sites for hydroxylation is 2. The maximum absolute atomic E-state index is 13.6. The summed E-state index contributed by atoms with van der Waals surface area (Å²) in [6.07, 6.45) is 0.836. The van der Waals surface area contributed by atoms with Crippen molar-refractivity contribution in [1.82, 2.24) is 15.5 Å². The molecule has 6 nitrogen and oxygen atoms in total. The van der Waals surface area contributed by atoms with Crippen LogP contribution in [0.25, 0.3) is 0 Å². The van der Waals surface area contributed by atoms with Gasteiger partial charge in [-0.1, -0.05) is 62.4 Å². The summed E-state index contributed by atoms with van der Waals surface area (Å²) in [6, 6.07) is 14.3. The smallest absolute Gasteiger partial charge is 0.326 e. The lowest BCUT2D eigenvalue weighted by molar-refractivity contribution is -0.134. The molecule has 0 aromatic heterocycles. The Kier molecular flexibility index (Phi) is 6.25. The molecule has 2 aromatic rings. The van der Waals surface area contributed by atoms with Crippen molar-refractivity contribution in [2.75, 3.05) is 13.1 Å². The Morgan fingerprint density at radius 2 is 1.73 bits per heavy atom. The first kappa shape index (κ1) is 21.6. The Bertz CT molecular complexity index is 955. The highest BCUT2D eigenvalue weighted by atomic mass is 16.2. The number of nitrogens with one attached hydrogen (secondary N) is 2. The highest BCUT2D eigenvalue weighted by Gasteiger charge is 2.54. The maximum atomic E-state index is 13.6. The van der Waals surface area contributed by atoms with Crippen LogP contribution in [0.5, 0.6) is 0 Å². The molecular formula is C24H29N3O3. The Hall–Kier alpha value is -3.15. The second kappa shape index (κ2) is 8.69. The molecule has 0 unspecified atom stereocenters. The first-order valence-corrected chi connectivity index (χ1v) is 10.3. The van der Waals surface area contributed by atoms with Crippen LogP contribution in [0.2, 0.25) is 0 Å². The quantitative estimate of drug-likeness (QED) is 0.692. The molecule has 2 aromatic carbocycles. The van der Waals surface area contributed by atoms with Gasteiger partial charge in [-0.15, -0.1) is 0 Å². The van der Waals surface area contributed by atoms with Crippen molar-refractivity contribution in [2.24, 2.45) is 5.92 Å². The van der Waals surface area contributed by atoms with Crippen molar-refractivity contribution in [1.29, 1.82) is 0 Å². The molecule has 0 bridgehead atoms. The summed E-state index contributed by atoms with van der Waals surface area (Å²) in [4.78, 5) is 39.8. The lowest BCUT2D eigenvalue weighted by atomic mass is 9.81. The van der Waals surface area contributed by atoms with Crippen LogP contribution in [-0.4, -0.2) is 35.8 Å². The Morgan fingerprint density at radius 3 is 2.37 bits per heavy atom. The predicted molar refractivity (Wildman–Crippen MR) is 116 cm³/mol. The zero-order valence-electron chi connectivity index (χ0n) is 18.0. The topological polar surface area (TPSA) is 78.5 Å². The number of benzene rings is 2. The monoisotopic (exact) mass is 407 g/mol. The van der Waals surface area contributed by atoms with Gasteiger partial charge in [0.25, 0.3) is 5.91 Å². The summed E-state index contributed by atoms with van der Waals surface area (Å²) in [5.41, 5.74) is 2.11. The average molecular weight is 408 g/mol. The number of amides is 4. The number of carbonyl (C=O) groups excluding carboxylic acids is 3. The van der Waals surface area contributed by atoms with Crippen LogP contribution in [0.1, 0.15) is 42.5 Å². The van der Waals surface area contributed by atoms with E-state index in [1.54, 1.807) is 0 Å². The van der Waals surface area contributed by atoms with Gasteiger partial charge >= 0.3 is 6.03 Å². The van der Waals surface area contributed by atoms with E-state index in [9.17, 15) is 14.4 Å². The van der Waals surface area contributed by atoms with E-state index in [-0.39, 0.29) is 12.5 Å². The van der Waals surface area contributed by atoms with Crippen LogP contribution in [0.4, 0.5) is 4.79 Å². The summed E-state index contributed by atoms with van der Waals surface area (Å²) in [7, 11) is 0. The van der Waals surface area contributed by atoms with E-state index in [4.69, 9.17) is 0 Å². The van der Waals surface area contributed by atoms with Gasteiger partial charge in [0.15, 0.2) is 5.54 Å². The third-order valence-corrected chi connectivity index (χ3v) is 5.60. The molecule has 1 aliphatic heterocycles. The number of imide groups is 1. The molecule has 4 amide bonds. The SMILES string of the molecule is Cc1ccc([C@@]2(c3ccccc3)NC(=O)N(CC(=O)NCCC(C)C)C2=O)cc1C. The molecule has 1 heterocycles. The molecule has 3 rings (SSSR count). The van der Waals surface area contributed by atoms with Gasteiger partial charge in [0.2, 0.25) is 5.91 Å². The van der Waals surface area contributed by atoms with Crippen molar-refractivity contribution in [3.8, 4) is 0 Å². The molecule has 2 N–H and O–H groups in total. The number of hydrogen-bond acceptors (Lipinski definition) is 3. The van der Waals surface area contributed by atoms with E-state index in [1.807, 2.05) is 62.4 Å². The molecule has 1 aliphatic rings. The van der Waals surface area contributed by atoms with Gasteiger partial charge in [0, 0.05) is 6.54 Å². The van der Waals surface area contributed by atoms with E-state index in [0.717, 1.165) is 22.4 Å². The molecule has 30 heavy (non-hydrogen) atoms. The standard InChI is InChI=1S/C24H29N3O3/c1-16(2)12-13-25-21(28)15-27-22(29)24(26-23(27)30,19-8-6-5-7-9-19)20-11-10-17(3)18(4)14-20/h5-11,14,16H,12-13,15H2,1-4H3,(H,25,28)(H,26,30)/t24-/m1/s1.